The van der Waals surface area contributed by atoms with Gasteiger partial charge < -0.3 is 18.9 Å². The molecule has 0 saturated carbocycles. The average Bonchev–Trinajstić information content (AvgIpc) is 3.00. The summed E-state index contributed by atoms with van der Waals surface area (Å²) in [7, 11) is -0.474. The third-order valence-corrected chi connectivity index (χ3v) is 7.66. The summed E-state index contributed by atoms with van der Waals surface area (Å²) in [5.41, 5.74) is 2.34. The van der Waals surface area contributed by atoms with E-state index in [0.717, 1.165) is 48.3 Å². The summed E-state index contributed by atoms with van der Waals surface area (Å²) in [6, 6.07) is 16.0. The number of piperidine rings is 1. The van der Waals surface area contributed by atoms with Crippen LogP contribution in [0.1, 0.15) is 65.5 Å². The summed E-state index contributed by atoms with van der Waals surface area (Å²) in [4.78, 5) is 15.2. The van der Waals surface area contributed by atoms with Crippen molar-refractivity contribution in [1.29, 1.82) is 0 Å². The Morgan fingerprint density at radius 1 is 0.941 bits per heavy atom. The standard InChI is InChI=1S/C28H38BNO4/c1-26(2)14-16-30(17-15-26)25(31)19-22-18-23(29-33-27(3,4)28(5,6)34-29)12-13-24(22)32-20-21-10-8-7-9-11-21/h7-13,18H,14-17,19-20H2,1-6H3. The van der Waals surface area contributed by atoms with Gasteiger partial charge in [-0.1, -0.05) is 56.3 Å². The second kappa shape index (κ2) is 9.39. The molecule has 0 N–H and O–H groups in total. The van der Waals surface area contributed by atoms with Gasteiger partial charge in [0, 0.05) is 18.7 Å². The quantitative estimate of drug-likeness (QED) is 0.580. The van der Waals surface area contributed by atoms with Gasteiger partial charge in [-0.05, 0) is 63.0 Å². The molecule has 0 aromatic heterocycles. The molecule has 6 heteroatoms. The number of carbonyl (C=O) groups is 1. The number of carbonyl (C=O) groups excluding carboxylic acids is 1. The minimum Gasteiger partial charge on any atom is -0.489 e. The minimum atomic E-state index is -0.474. The topological polar surface area (TPSA) is 48.0 Å². The molecule has 0 aliphatic carbocycles. The number of likely N-dealkylation sites (tertiary alicyclic amines) is 1. The van der Waals surface area contributed by atoms with E-state index in [2.05, 4.69) is 13.8 Å². The van der Waals surface area contributed by atoms with Crippen molar-refractivity contribution >= 4 is 18.5 Å². The van der Waals surface area contributed by atoms with Crippen molar-refractivity contribution in [1.82, 2.24) is 4.90 Å². The molecule has 182 valence electrons. The molecule has 2 aliphatic rings. The highest BCUT2D eigenvalue weighted by atomic mass is 16.7. The molecule has 34 heavy (non-hydrogen) atoms. The van der Waals surface area contributed by atoms with Gasteiger partial charge in [0.25, 0.3) is 0 Å². The highest BCUT2D eigenvalue weighted by molar-refractivity contribution is 6.62. The fraction of sp³-hybridized carbons (Fsp3) is 0.536. The van der Waals surface area contributed by atoms with E-state index in [1.807, 2.05) is 81.1 Å². The van der Waals surface area contributed by atoms with E-state index < -0.39 is 18.3 Å². The van der Waals surface area contributed by atoms with Crippen molar-refractivity contribution in [3.63, 3.8) is 0 Å². The molecule has 2 aromatic carbocycles. The monoisotopic (exact) mass is 463 g/mol. The lowest BCUT2D eigenvalue weighted by molar-refractivity contribution is -0.132. The molecule has 2 fully saturated rings. The van der Waals surface area contributed by atoms with Crippen LogP contribution in [-0.4, -0.2) is 42.2 Å². The first-order valence-corrected chi connectivity index (χ1v) is 12.4. The Balaban J connectivity index is 1.55. The van der Waals surface area contributed by atoms with Gasteiger partial charge in [-0.2, -0.15) is 0 Å². The van der Waals surface area contributed by atoms with Gasteiger partial charge in [0.1, 0.15) is 12.4 Å². The Labute approximate surface area is 204 Å². The zero-order valence-electron chi connectivity index (χ0n) is 21.5. The highest BCUT2D eigenvalue weighted by Gasteiger charge is 2.51. The fourth-order valence-corrected chi connectivity index (χ4v) is 4.38. The molecule has 2 heterocycles. The maximum absolute atomic E-state index is 13.3. The van der Waals surface area contributed by atoms with Gasteiger partial charge in [-0.25, -0.2) is 0 Å². The smallest absolute Gasteiger partial charge is 0.489 e. The van der Waals surface area contributed by atoms with Crippen LogP contribution in [0, 0.1) is 5.41 Å². The van der Waals surface area contributed by atoms with Crippen LogP contribution in [0.2, 0.25) is 0 Å². The molecular formula is C28H38BNO4. The first kappa shape index (κ1) is 24.8. The molecule has 4 rings (SSSR count). The highest BCUT2D eigenvalue weighted by Crippen LogP contribution is 2.37. The molecule has 5 nitrogen and oxygen atoms in total. The van der Waals surface area contributed by atoms with Crippen LogP contribution in [0.5, 0.6) is 5.75 Å². The number of nitrogens with zero attached hydrogens (tertiary/aromatic N) is 1. The predicted molar refractivity (Wildman–Crippen MR) is 136 cm³/mol. The number of hydrogen-bond donors (Lipinski definition) is 0. The molecular weight excluding hydrogens is 425 g/mol. The van der Waals surface area contributed by atoms with Gasteiger partial charge in [0.05, 0.1) is 17.6 Å². The Kier molecular flexibility index (Phi) is 6.85. The number of benzene rings is 2. The number of hydrogen-bond acceptors (Lipinski definition) is 4. The maximum Gasteiger partial charge on any atom is 0.494 e. The summed E-state index contributed by atoms with van der Waals surface area (Å²) in [6.45, 7) is 14.8. The summed E-state index contributed by atoms with van der Waals surface area (Å²) in [5.74, 6) is 0.876. The fourth-order valence-electron chi connectivity index (χ4n) is 4.38. The Morgan fingerprint density at radius 2 is 1.56 bits per heavy atom. The van der Waals surface area contributed by atoms with Crippen molar-refractivity contribution < 1.29 is 18.8 Å². The van der Waals surface area contributed by atoms with Gasteiger partial charge in [0.15, 0.2) is 0 Å². The minimum absolute atomic E-state index is 0.145. The molecule has 0 bridgehead atoms. The van der Waals surface area contributed by atoms with E-state index in [1.165, 1.54) is 0 Å². The normalized spacial score (nSPS) is 20.9. The molecule has 2 saturated heterocycles. The van der Waals surface area contributed by atoms with E-state index in [9.17, 15) is 4.79 Å². The zero-order chi connectivity index (χ0) is 24.6. The van der Waals surface area contributed by atoms with E-state index in [4.69, 9.17) is 14.0 Å². The Morgan fingerprint density at radius 3 is 2.18 bits per heavy atom. The Hall–Kier alpha value is -2.31. The van der Waals surface area contributed by atoms with E-state index in [-0.39, 0.29) is 5.91 Å². The van der Waals surface area contributed by atoms with Gasteiger partial charge >= 0.3 is 7.12 Å². The molecule has 0 spiro atoms. The number of rotatable bonds is 6. The third-order valence-electron chi connectivity index (χ3n) is 7.66. The lowest BCUT2D eigenvalue weighted by atomic mass is 9.78. The van der Waals surface area contributed by atoms with Crippen LogP contribution in [-0.2, 0) is 27.1 Å². The van der Waals surface area contributed by atoms with Crippen LogP contribution in [0.4, 0.5) is 0 Å². The first-order chi connectivity index (χ1) is 16.0. The van der Waals surface area contributed by atoms with Crippen molar-refractivity contribution in [3.8, 4) is 5.75 Å². The van der Waals surface area contributed by atoms with Crippen molar-refractivity contribution in [2.24, 2.45) is 5.41 Å². The molecule has 0 atom stereocenters. The third kappa shape index (κ3) is 5.50. The van der Waals surface area contributed by atoms with Gasteiger partial charge in [-0.15, -0.1) is 0 Å². The van der Waals surface area contributed by atoms with Crippen LogP contribution in [0.3, 0.4) is 0 Å². The molecule has 2 aliphatic heterocycles. The lowest BCUT2D eigenvalue weighted by Crippen LogP contribution is -2.42. The summed E-state index contributed by atoms with van der Waals surface area (Å²) in [5, 5.41) is 0. The van der Waals surface area contributed by atoms with Crippen LogP contribution in [0.15, 0.2) is 48.5 Å². The van der Waals surface area contributed by atoms with Gasteiger partial charge in [0.2, 0.25) is 5.91 Å². The van der Waals surface area contributed by atoms with Crippen molar-refractivity contribution in [2.45, 2.75) is 78.6 Å². The van der Waals surface area contributed by atoms with Crippen molar-refractivity contribution in [3.05, 3.63) is 59.7 Å². The molecule has 0 radical (unpaired) electrons. The van der Waals surface area contributed by atoms with Gasteiger partial charge in [-0.3, -0.25) is 4.79 Å². The zero-order valence-corrected chi connectivity index (χ0v) is 21.5. The second-order valence-corrected chi connectivity index (χ2v) is 11.5. The average molecular weight is 463 g/mol. The summed E-state index contributed by atoms with van der Waals surface area (Å²) in [6.07, 6.45) is 2.37. The van der Waals surface area contributed by atoms with Crippen LogP contribution in [0.25, 0.3) is 0 Å². The Bertz CT molecular complexity index is 992. The second-order valence-electron chi connectivity index (χ2n) is 11.5. The lowest BCUT2D eigenvalue weighted by Gasteiger charge is -2.37. The SMILES string of the molecule is CC1(C)CCN(C(=O)Cc2cc(B3OC(C)(C)C(C)(C)O3)ccc2OCc2ccccc2)CC1. The molecule has 2 aromatic rings. The first-order valence-electron chi connectivity index (χ1n) is 12.4. The van der Waals surface area contributed by atoms with Crippen LogP contribution >= 0.6 is 0 Å². The van der Waals surface area contributed by atoms with E-state index >= 15 is 0 Å². The largest absolute Gasteiger partial charge is 0.494 e. The van der Waals surface area contributed by atoms with Crippen LogP contribution < -0.4 is 10.2 Å². The molecule has 0 unspecified atom stereocenters. The van der Waals surface area contributed by atoms with E-state index in [1.54, 1.807) is 0 Å². The maximum atomic E-state index is 13.3. The van der Waals surface area contributed by atoms with Crippen molar-refractivity contribution in [2.75, 3.05) is 13.1 Å². The number of amides is 1. The molecule has 1 amide bonds. The van der Waals surface area contributed by atoms with E-state index in [0.29, 0.717) is 18.4 Å². The summed E-state index contributed by atoms with van der Waals surface area (Å²) >= 11 is 0. The predicted octanol–water partition coefficient (Wildman–Crippen LogP) is 4.76. The summed E-state index contributed by atoms with van der Waals surface area (Å²) < 4.78 is 18.7. The number of ether oxygens (including phenoxy) is 1.